The first kappa shape index (κ1) is 18.0. The third-order valence-electron chi connectivity index (χ3n) is 3.47. The van der Waals surface area contributed by atoms with Crippen LogP contribution >= 0.6 is 0 Å². The number of nitrogens with two attached hydrogens (primary N) is 1. The quantitative estimate of drug-likeness (QED) is 0.396. The summed E-state index contributed by atoms with van der Waals surface area (Å²) in [5, 5.41) is 23.6. The highest BCUT2D eigenvalue weighted by Crippen LogP contribution is 2.18. The van der Waals surface area contributed by atoms with Gasteiger partial charge in [0.05, 0.1) is 24.7 Å². The van der Waals surface area contributed by atoms with Crippen molar-refractivity contribution >= 4 is 24.7 Å². The van der Waals surface area contributed by atoms with Crippen molar-refractivity contribution in [3.63, 3.8) is 0 Å². The van der Waals surface area contributed by atoms with Gasteiger partial charge in [-0.05, 0) is 26.3 Å². The van der Waals surface area contributed by atoms with Crippen molar-refractivity contribution in [3.8, 4) is 5.75 Å². The zero-order valence-electron chi connectivity index (χ0n) is 14.2. The van der Waals surface area contributed by atoms with Gasteiger partial charge in [-0.2, -0.15) is 5.10 Å². The van der Waals surface area contributed by atoms with E-state index >= 15 is 0 Å². The first-order valence-electron chi connectivity index (χ1n) is 7.91. The van der Waals surface area contributed by atoms with Crippen LogP contribution in [0, 0.1) is 13.8 Å². The molecule has 0 aliphatic rings. The molecular weight excluding hydrogens is 307 g/mol. The van der Waals surface area contributed by atoms with Crippen molar-refractivity contribution < 1.29 is 14.8 Å². The number of anilines is 1. The summed E-state index contributed by atoms with van der Waals surface area (Å²) in [6, 6.07) is 3.57. The van der Waals surface area contributed by atoms with E-state index < -0.39 is 7.12 Å². The van der Waals surface area contributed by atoms with Gasteiger partial charge >= 0.3 is 7.12 Å². The summed E-state index contributed by atoms with van der Waals surface area (Å²) < 4.78 is 7.24. The molecule has 2 rings (SSSR count). The summed E-state index contributed by atoms with van der Waals surface area (Å²) >= 11 is 0. The van der Waals surface area contributed by atoms with E-state index in [0.29, 0.717) is 23.4 Å². The van der Waals surface area contributed by atoms with Crippen molar-refractivity contribution in [2.45, 2.75) is 33.6 Å². The van der Waals surface area contributed by atoms with E-state index in [4.69, 9.17) is 10.5 Å². The lowest BCUT2D eigenvalue weighted by Gasteiger charge is -2.15. The maximum absolute atomic E-state index is 9.64. The molecule has 0 saturated heterocycles. The number of imidazole rings is 1. The van der Waals surface area contributed by atoms with E-state index in [0.717, 1.165) is 24.1 Å². The highest BCUT2D eigenvalue weighted by Gasteiger charge is 2.20. The third kappa shape index (κ3) is 4.36. The first-order valence-corrected chi connectivity index (χ1v) is 7.91. The summed E-state index contributed by atoms with van der Waals surface area (Å²) in [4.78, 5) is 4.09. The predicted molar refractivity (Wildman–Crippen MR) is 95.8 cm³/mol. The molecular formula is C16H23BN4O3. The van der Waals surface area contributed by atoms with Crippen LogP contribution in [0.1, 0.15) is 36.6 Å². The van der Waals surface area contributed by atoms with Crippen LogP contribution in [0.2, 0.25) is 0 Å². The van der Waals surface area contributed by atoms with Gasteiger partial charge in [-0.3, -0.25) is 0 Å². The summed E-state index contributed by atoms with van der Waals surface area (Å²) in [6.45, 7) is 6.25. The summed E-state index contributed by atoms with van der Waals surface area (Å²) in [5.41, 5.74) is 8.39. The van der Waals surface area contributed by atoms with Gasteiger partial charge in [0, 0.05) is 11.0 Å². The molecule has 0 amide bonds. The average Bonchev–Trinajstić information content (AvgIpc) is 2.84. The number of hydrogen-bond donors (Lipinski definition) is 3. The summed E-state index contributed by atoms with van der Waals surface area (Å²) in [7, 11) is -1.62. The predicted octanol–water partition coefficient (Wildman–Crippen LogP) is 0.823. The largest absolute Gasteiger partial charge is 0.493 e. The van der Waals surface area contributed by atoms with Crippen molar-refractivity contribution in [1.82, 2.24) is 9.66 Å². The summed E-state index contributed by atoms with van der Waals surface area (Å²) in [5.74, 6) is 0.704. The number of rotatable bonds is 7. The minimum absolute atomic E-state index is 0.285. The molecule has 4 N–H and O–H groups in total. The van der Waals surface area contributed by atoms with Crippen LogP contribution in [-0.2, 0) is 0 Å². The van der Waals surface area contributed by atoms with Gasteiger partial charge in [-0.1, -0.05) is 25.0 Å². The van der Waals surface area contributed by atoms with Gasteiger partial charge < -0.3 is 20.5 Å². The highest BCUT2D eigenvalue weighted by molar-refractivity contribution is 6.60. The SMILES string of the molecule is CCCCOc1c(C=Nn2cc(C)nc2N)cc(C)cc1B(O)O. The number of unbranched alkanes of at least 4 members (excludes halogenated alkanes) is 1. The van der Waals surface area contributed by atoms with Crippen LogP contribution in [0.3, 0.4) is 0 Å². The van der Waals surface area contributed by atoms with Crippen molar-refractivity contribution in [1.29, 1.82) is 0 Å². The third-order valence-corrected chi connectivity index (χ3v) is 3.47. The zero-order chi connectivity index (χ0) is 17.7. The minimum Gasteiger partial charge on any atom is -0.493 e. The van der Waals surface area contributed by atoms with E-state index in [-0.39, 0.29) is 5.95 Å². The Bertz CT molecular complexity index is 728. The maximum atomic E-state index is 9.64. The van der Waals surface area contributed by atoms with E-state index in [1.165, 1.54) is 4.68 Å². The van der Waals surface area contributed by atoms with E-state index in [2.05, 4.69) is 17.0 Å². The Labute approximate surface area is 141 Å². The second-order valence-corrected chi connectivity index (χ2v) is 5.68. The van der Waals surface area contributed by atoms with Gasteiger partial charge in [0.25, 0.3) is 0 Å². The monoisotopic (exact) mass is 330 g/mol. The number of hydrogen-bond acceptors (Lipinski definition) is 6. The second kappa shape index (κ2) is 7.98. The van der Waals surface area contributed by atoms with Gasteiger partial charge in [-0.25, -0.2) is 9.66 Å². The molecule has 1 aromatic carbocycles. The molecule has 0 saturated carbocycles. The number of nitrogens with zero attached hydrogens (tertiary/aromatic N) is 3. The van der Waals surface area contributed by atoms with Crippen LogP contribution in [0.25, 0.3) is 0 Å². The molecule has 0 fully saturated rings. The molecule has 1 aromatic heterocycles. The Balaban J connectivity index is 2.40. The van der Waals surface area contributed by atoms with E-state index in [1.54, 1.807) is 18.5 Å². The number of aryl methyl sites for hydroxylation is 2. The molecule has 0 unspecified atom stereocenters. The smallest absolute Gasteiger partial charge is 0.492 e. The second-order valence-electron chi connectivity index (χ2n) is 5.68. The van der Waals surface area contributed by atoms with Crippen LogP contribution < -0.4 is 15.9 Å². The Hall–Kier alpha value is -2.32. The van der Waals surface area contributed by atoms with Crippen LogP contribution in [-0.4, -0.2) is 39.6 Å². The lowest BCUT2D eigenvalue weighted by Crippen LogP contribution is -2.32. The zero-order valence-corrected chi connectivity index (χ0v) is 14.2. The van der Waals surface area contributed by atoms with Gasteiger partial charge in [0.15, 0.2) is 0 Å². The molecule has 128 valence electrons. The normalized spacial score (nSPS) is 11.2. The Morgan fingerprint density at radius 1 is 1.38 bits per heavy atom. The van der Waals surface area contributed by atoms with Crippen LogP contribution in [0.4, 0.5) is 5.95 Å². The minimum atomic E-state index is -1.62. The Morgan fingerprint density at radius 3 is 2.71 bits per heavy atom. The molecule has 0 atom stereocenters. The molecule has 7 nitrogen and oxygen atoms in total. The van der Waals surface area contributed by atoms with E-state index in [1.807, 2.05) is 19.9 Å². The average molecular weight is 330 g/mol. The van der Waals surface area contributed by atoms with Gasteiger partial charge in [-0.15, -0.1) is 0 Å². The Kier molecular flexibility index (Phi) is 6.00. The molecule has 0 bridgehead atoms. The molecule has 24 heavy (non-hydrogen) atoms. The fourth-order valence-electron chi connectivity index (χ4n) is 2.32. The molecule has 0 spiro atoms. The van der Waals surface area contributed by atoms with Gasteiger partial charge in [0.1, 0.15) is 5.75 Å². The van der Waals surface area contributed by atoms with Crippen molar-refractivity contribution in [2.75, 3.05) is 12.3 Å². The summed E-state index contributed by atoms with van der Waals surface area (Å²) in [6.07, 6.45) is 5.15. The lowest BCUT2D eigenvalue weighted by atomic mass is 9.77. The highest BCUT2D eigenvalue weighted by atomic mass is 16.5. The first-order chi connectivity index (χ1) is 11.4. The standard InChI is InChI=1S/C16H23BN4O3/c1-4-5-6-24-15-13(7-11(2)8-14(15)17(22)23)9-19-21-10-12(3)20-16(21)18/h7-10,22-23H,4-6H2,1-3H3,(H2,18,20). The fourth-order valence-corrected chi connectivity index (χ4v) is 2.32. The van der Waals surface area contributed by atoms with Crippen molar-refractivity contribution in [2.24, 2.45) is 5.10 Å². The number of ether oxygens (including phenoxy) is 1. The molecule has 0 aliphatic heterocycles. The Morgan fingerprint density at radius 2 is 2.12 bits per heavy atom. The number of nitrogen functional groups attached to an aromatic ring is 1. The molecule has 0 aliphatic carbocycles. The lowest BCUT2D eigenvalue weighted by molar-refractivity contribution is 0.309. The van der Waals surface area contributed by atoms with E-state index in [9.17, 15) is 10.0 Å². The van der Waals surface area contributed by atoms with Crippen molar-refractivity contribution in [3.05, 3.63) is 35.2 Å². The fraction of sp³-hybridized carbons (Fsp3) is 0.375. The molecule has 0 radical (unpaired) electrons. The molecule has 8 heteroatoms. The topological polar surface area (TPSA) is 106 Å². The van der Waals surface area contributed by atoms with Gasteiger partial charge in [0.2, 0.25) is 5.95 Å². The number of aromatic nitrogens is 2. The maximum Gasteiger partial charge on any atom is 0.492 e. The number of benzene rings is 1. The molecule has 2 aromatic rings. The molecule has 1 heterocycles. The van der Waals surface area contributed by atoms with Crippen LogP contribution in [0.5, 0.6) is 5.75 Å². The van der Waals surface area contributed by atoms with Crippen LogP contribution in [0.15, 0.2) is 23.4 Å².